The molecule has 1 fully saturated rings. The van der Waals surface area contributed by atoms with Gasteiger partial charge in [-0.3, -0.25) is 9.20 Å². The molecular weight excluding hydrogens is 400 g/mol. The zero-order chi connectivity index (χ0) is 22.3. The molecule has 1 aliphatic rings. The number of pyridine rings is 1. The van der Waals surface area contributed by atoms with Gasteiger partial charge >= 0.3 is 0 Å². The van der Waals surface area contributed by atoms with Crippen molar-refractivity contribution in [3.63, 3.8) is 0 Å². The lowest BCUT2D eigenvalue weighted by atomic mass is 9.79. The fourth-order valence-corrected chi connectivity index (χ4v) is 5.61. The highest BCUT2D eigenvalue weighted by Crippen LogP contribution is 2.33. The Morgan fingerprint density at radius 1 is 1.23 bits per heavy atom. The Morgan fingerprint density at radius 3 is 2.43 bits per heavy atom. The zero-order valence-electron chi connectivity index (χ0n) is 18.9. The van der Waals surface area contributed by atoms with Crippen LogP contribution in [0.5, 0.6) is 0 Å². The van der Waals surface area contributed by atoms with Crippen molar-refractivity contribution in [2.75, 3.05) is 12.8 Å². The van der Waals surface area contributed by atoms with Crippen molar-refractivity contribution >= 4 is 21.3 Å². The molecule has 0 radical (unpaired) electrons. The van der Waals surface area contributed by atoms with E-state index in [-0.39, 0.29) is 33.9 Å². The van der Waals surface area contributed by atoms with E-state index in [1.54, 1.807) is 24.4 Å². The predicted molar refractivity (Wildman–Crippen MR) is 119 cm³/mol. The number of hydrogen-bond donors (Lipinski definition) is 1. The second-order valence-corrected chi connectivity index (χ2v) is 11.7. The minimum absolute atomic E-state index is 0.0532. The molecule has 0 bridgehead atoms. The zero-order valence-corrected chi connectivity index (χ0v) is 19.7. The average Bonchev–Trinajstić information content (AvgIpc) is 2.99. The van der Waals surface area contributed by atoms with E-state index in [0.29, 0.717) is 12.1 Å². The summed E-state index contributed by atoms with van der Waals surface area (Å²) in [5.41, 5.74) is 0.523. The van der Waals surface area contributed by atoms with Gasteiger partial charge in [-0.05, 0) is 59.1 Å². The maximum atomic E-state index is 13.8. The van der Waals surface area contributed by atoms with Crippen LogP contribution in [-0.4, -0.2) is 58.5 Å². The molecular formula is C22H34N4O3S. The number of carbonyl (C=O) groups excluding carboxylic acids is 1. The number of sulfone groups is 1. The van der Waals surface area contributed by atoms with E-state index in [4.69, 9.17) is 0 Å². The first-order chi connectivity index (χ1) is 13.8. The summed E-state index contributed by atoms with van der Waals surface area (Å²) in [5, 5.41) is 3.57. The average molecular weight is 435 g/mol. The van der Waals surface area contributed by atoms with Gasteiger partial charge in [0, 0.05) is 36.1 Å². The molecule has 3 heterocycles. The SMILES string of the molecule is CCCCN(C(=O)c1nc(S(C)(=O)=O)n2ccccc12)C1CC(C)(C)NC(C)(C)C1. The number of nitrogens with zero attached hydrogens (tertiary/aromatic N) is 3. The van der Waals surface area contributed by atoms with Crippen molar-refractivity contribution in [3.8, 4) is 0 Å². The van der Waals surface area contributed by atoms with Gasteiger partial charge in [0.15, 0.2) is 5.69 Å². The number of imidazole rings is 1. The quantitative estimate of drug-likeness (QED) is 0.754. The first kappa shape index (κ1) is 22.7. The van der Waals surface area contributed by atoms with Gasteiger partial charge < -0.3 is 10.2 Å². The van der Waals surface area contributed by atoms with Crippen LogP contribution in [0.1, 0.15) is 70.8 Å². The lowest BCUT2D eigenvalue weighted by molar-refractivity contribution is 0.0438. The van der Waals surface area contributed by atoms with Gasteiger partial charge in [0.05, 0.1) is 5.52 Å². The number of fused-ring (bicyclic) bond motifs is 1. The second kappa shape index (κ2) is 7.96. The van der Waals surface area contributed by atoms with Gasteiger partial charge in [0.2, 0.25) is 15.0 Å². The molecule has 0 unspecified atom stereocenters. The third kappa shape index (κ3) is 4.70. The van der Waals surface area contributed by atoms with Crippen LogP contribution in [0, 0.1) is 0 Å². The molecule has 0 aliphatic carbocycles. The summed E-state index contributed by atoms with van der Waals surface area (Å²) in [6, 6.07) is 5.35. The number of rotatable bonds is 6. The van der Waals surface area contributed by atoms with Crippen LogP contribution < -0.4 is 5.32 Å². The summed E-state index contributed by atoms with van der Waals surface area (Å²) in [7, 11) is -3.58. The molecule has 0 spiro atoms. The normalized spacial score (nSPS) is 19.1. The Morgan fingerprint density at radius 2 is 1.87 bits per heavy atom. The fourth-order valence-electron chi connectivity index (χ4n) is 4.83. The maximum absolute atomic E-state index is 13.8. The second-order valence-electron chi connectivity index (χ2n) is 9.78. The van der Waals surface area contributed by atoms with Crippen molar-refractivity contribution in [2.24, 2.45) is 0 Å². The van der Waals surface area contributed by atoms with Crippen LogP contribution in [0.2, 0.25) is 0 Å². The Hall–Kier alpha value is -1.93. The topological polar surface area (TPSA) is 83.8 Å². The molecule has 2 aromatic rings. The van der Waals surface area contributed by atoms with E-state index in [1.165, 1.54) is 4.40 Å². The summed E-state index contributed by atoms with van der Waals surface area (Å²) in [6.07, 6.45) is 6.28. The number of hydrogen-bond acceptors (Lipinski definition) is 5. The molecule has 1 aliphatic heterocycles. The molecule has 1 amide bonds. The molecule has 0 aromatic carbocycles. The van der Waals surface area contributed by atoms with Crippen LogP contribution in [0.3, 0.4) is 0 Å². The summed E-state index contributed by atoms with van der Waals surface area (Å²) < 4.78 is 26.1. The Labute approximate surface area is 179 Å². The molecule has 2 aromatic heterocycles. The minimum atomic E-state index is -3.58. The molecule has 166 valence electrons. The van der Waals surface area contributed by atoms with E-state index < -0.39 is 9.84 Å². The van der Waals surface area contributed by atoms with Crippen LogP contribution in [0.25, 0.3) is 5.52 Å². The number of piperidine rings is 1. The first-order valence-electron chi connectivity index (χ1n) is 10.6. The lowest BCUT2D eigenvalue weighted by Gasteiger charge is -2.49. The Bertz CT molecular complexity index is 1020. The predicted octanol–water partition coefficient (Wildman–Crippen LogP) is 3.29. The molecule has 30 heavy (non-hydrogen) atoms. The van der Waals surface area contributed by atoms with Gasteiger partial charge in [-0.15, -0.1) is 0 Å². The lowest BCUT2D eigenvalue weighted by Crippen LogP contribution is -2.63. The van der Waals surface area contributed by atoms with Crippen molar-refractivity contribution in [2.45, 2.75) is 82.6 Å². The highest BCUT2D eigenvalue weighted by Gasteiger charge is 2.42. The van der Waals surface area contributed by atoms with E-state index in [2.05, 4.69) is 44.9 Å². The highest BCUT2D eigenvalue weighted by molar-refractivity contribution is 7.90. The number of carbonyl (C=O) groups is 1. The van der Waals surface area contributed by atoms with Gasteiger partial charge in [-0.2, -0.15) is 0 Å². The number of unbranched alkanes of at least 4 members (excludes halogenated alkanes) is 1. The maximum Gasteiger partial charge on any atom is 0.275 e. The van der Waals surface area contributed by atoms with Gasteiger partial charge in [0.25, 0.3) is 5.91 Å². The first-order valence-corrected chi connectivity index (χ1v) is 12.5. The number of nitrogens with one attached hydrogen (secondary N) is 1. The van der Waals surface area contributed by atoms with Crippen LogP contribution in [0.4, 0.5) is 0 Å². The standard InChI is InChI=1S/C22H34N4O3S/c1-7-8-12-25(16-14-21(2,3)24-22(4,5)15-16)19(27)18-17-11-9-10-13-26(17)20(23-18)30(6,28)29/h9-11,13,16,24H,7-8,12,14-15H2,1-6H3. The summed E-state index contributed by atoms with van der Waals surface area (Å²) >= 11 is 0. The van der Waals surface area contributed by atoms with E-state index in [0.717, 1.165) is 31.9 Å². The number of aromatic nitrogens is 2. The molecule has 1 saturated heterocycles. The fraction of sp³-hybridized carbons (Fsp3) is 0.636. The van der Waals surface area contributed by atoms with Gasteiger partial charge in [0.1, 0.15) is 0 Å². The van der Waals surface area contributed by atoms with Crippen LogP contribution in [-0.2, 0) is 9.84 Å². The molecule has 0 saturated carbocycles. The van der Waals surface area contributed by atoms with E-state index in [1.807, 2.05) is 4.90 Å². The largest absolute Gasteiger partial charge is 0.334 e. The molecule has 0 atom stereocenters. The van der Waals surface area contributed by atoms with E-state index in [9.17, 15) is 13.2 Å². The number of amides is 1. The Balaban J connectivity index is 2.07. The van der Waals surface area contributed by atoms with Crippen molar-refractivity contribution < 1.29 is 13.2 Å². The summed E-state index contributed by atoms with van der Waals surface area (Å²) in [5.74, 6) is -0.194. The van der Waals surface area contributed by atoms with Crippen molar-refractivity contribution in [3.05, 3.63) is 30.1 Å². The summed E-state index contributed by atoms with van der Waals surface area (Å²) in [6.45, 7) is 11.4. The smallest absolute Gasteiger partial charge is 0.275 e. The van der Waals surface area contributed by atoms with Crippen LogP contribution >= 0.6 is 0 Å². The van der Waals surface area contributed by atoms with Gasteiger partial charge in [-0.25, -0.2) is 13.4 Å². The third-order valence-electron chi connectivity index (χ3n) is 5.67. The molecule has 3 rings (SSSR count). The highest BCUT2D eigenvalue weighted by atomic mass is 32.2. The van der Waals surface area contributed by atoms with Crippen molar-refractivity contribution in [1.29, 1.82) is 0 Å². The minimum Gasteiger partial charge on any atom is -0.334 e. The van der Waals surface area contributed by atoms with E-state index >= 15 is 0 Å². The van der Waals surface area contributed by atoms with Crippen LogP contribution in [0.15, 0.2) is 29.6 Å². The third-order valence-corrected chi connectivity index (χ3v) is 6.62. The summed E-state index contributed by atoms with van der Waals surface area (Å²) in [4.78, 5) is 20.0. The molecule has 7 nitrogen and oxygen atoms in total. The van der Waals surface area contributed by atoms with Crippen molar-refractivity contribution in [1.82, 2.24) is 19.6 Å². The molecule has 1 N–H and O–H groups in total. The Kier molecular flexibility index (Phi) is 6.04. The monoisotopic (exact) mass is 434 g/mol. The van der Waals surface area contributed by atoms with Gasteiger partial charge in [-0.1, -0.05) is 19.4 Å². The molecule has 8 heteroatoms.